The molecule has 0 fully saturated rings. The fourth-order valence-electron chi connectivity index (χ4n) is 5.99. The van der Waals surface area contributed by atoms with Gasteiger partial charge in [0.2, 0.25) is 0 Å². The lowest BCUT2D eigenvalue weighted by Gasteiger charge is -2.20. The Morgan fingerprint density at radius 3 is 2.46 bits per heavy atom. The molecule has 41 heavy (non-hydrogen) atoms. The van der Waals surface area contributed by atoms with Crippen LogP contribution < -0.4 is 9.47 Å². The van der Waals surface area contributed by atoms with Gasteiger partial charge in [-0.2, -0.15) is 18.3 Å². The molecule has 3 aromatic carbocycles. The Balaban J connectivity index is 1.30. The molecule has 9 heteroatoms. The highest BCUT2D eigenvalue weighted by molar-refractivity contribution is 5.76. The molecule has 0 radical (unpaired) electrons. The van der Waals surface area contributed by atoms with Crippen molar-refractivity contribution in [2.24, 2.45) is 7.05 Å². The van der Waals surface area contributed by atoms with Gasteiger partial charge < -0.3 is 14.2 Å². The van der Waals surface area contributed by atoms with Crippen LogP contribution in [0.15, 0.2) is 60.7 Å². The van der Waals surface area contributed by atoms with Gasteiger partial charge in [0, 0.05) is 24.6 Å². The summed E-state index contributed by atoms with van der Waals surface area (Å²) in [6.45, 7) is 2.28. The van der Waals surface area contributed by atoms with Gasteiger partial charge in [-0.3, -0.25) is 9.48 Å². The van der Waals surface area contributed by atoms with Crippen molar-refractivity contribution in [3.8, 4) is 33.9 Å². The third-order valence-electron chi connectivity index (χ3n) is 7.91. The van der Waals surface area contributed by atoms with Crippen LogP contribution in [0.2, 0.25) is 0 Å². The summed E-state index contributed by atoms with van der Waals surface area (Å²) in [5.74, 6) is 0.824. The van der Waals surface area contributed by atoms with Gasteiger partial charge in [-0.15, -0.1) is 0 Å². The fraction of sp³-hybridized carbons (Fsp3) is 0.312. The van der Waals surface area contributed by atoms with E-state index >= 15 is 0 Å². The minimum atomic E-state index is -4.50. The normalized spacial score (nSPS) is 17.6. The summed E-state index contributed by atoms with van der Waals surface area (Å²) in [5.41, 5.74) is 5.04. The number of rotatable bonds is 6. The summed E-state index contributed by atoms with van der Waals surface area (Å²) in [4.78, 5) is 11.7. The first-order valence-corrected chi connectivity index (χ1v) is 13.5. The predicted octanol–water partition coefficient (Wildman–Crippen LogP) is 7.19. The number of ether oxygens (including phenoxy) is 3. The number of hydrogen-bond donors (Lipinski definition) is 0. The molecule has 1 unspecified atom stereocenters. The highest BCUT2D eigenvalue weighted by Gasteiger charge is 2.38. The third-order valence-corrected chi connectivity index (χ3v) is 7.91. The van der Waals surface area contributed by atoms with E-state index in [1.54, 1.807) is 28.9 Å². The Hall–Kier alpha value is -4.27. The molecule has 2 heterocycles. The molecule has 0 spiro atoms. The zero-order valence-corrected chi connectivity index (χ0v) is 22.9. The van der Waals surface area contributed by atoms with Gasteiger partial charge in [0.15, 0.2) is 0 Å². The van der Waals surface area contributed by atoms with Crippen LogP contribution in [0.4, 0.5) is 13.2 Å². The van der Waals surface area contributed by atoms with Crippen LogP contribution in [0.1, 0.15) is 52.8 Å². The van der Waals surface area contributed by atoms with Crippen LogP contribution in [-0.2, 0) is 29.2 Å². The van der Waals surface area contributed by atoms with Gasteiger partial charge in [-0.25, -0.2) is 0 Å². The predicted molar refractivity (Wildman–Crippen MR) is 147 cm³/mol. The fourth-order valence-corrected chi connectivity index (χ4v) is 5.99. The first kappa shape index (κ1) is 26.9. The van der Waals surface area contributed by atoms with E-state index in [0.717, 1.165) is 34.1 Å². The standard InChI is InChI=1S/C32H29F3N2O4/c1-18-14-27(37(2)36-18)19-4-6-20(7-5-19)31-25-11-13-28(24(25)10-12-26(31)32(33,34)35)41-22-8-9-23-21(15-30(38)39-3)17-40-29(23)16-22/h4-10,12,14,16,21,28H,11,13,15,17H2,1-3H3/t21?,28-/m1/s1. The van der Waals surface area contributed by atoms with Gasteiger partial charge in [0.1, 0.15) is 17.6 Å². The molecule has 212 valence electrons. The molecule has 1 aliphatic carbocycles. The molecule has 6 nitrogen and oxygen atoms in total. The number of aryl methyl sites for hydroxylation is 2. The van der Waals surface area contributed by atoms with E-state index in [0.29, 0.717) is 42.1 Å². The number of methoxy groups -OCH3 is 1. The zero-order chi connectivity index (χ0) is 28.9. The van der Waals surface area contributed by atoms with Crippen LogP contribution in [0.25, 0.3) is 22.4 Å². The highest BCUT2D eigenvalue weighted by Crippen LogP contribution is 2.47. The maximum Gasteiger partial charge on any atom is 0.417 e. The largest absolute Gasteiger partial charge is 0.492 e. The quantitative estimate of drug-likeness (QED) is 0.233. The number of esters is 1. The monoisotopic (exact) mass is 562 g/mol. The maximum atomic E-state index is 14.2. The third kappa shape index (κ3) is 5.05. The van der Waals surface area contributed by atoms with Crippen LogP contribution in [-0.4, -0.2) is 29.5 Å². The Kier molecular flexibility index (Phi) is 6.76. The second kappa shape index (κ2) is 10.3. The van der Waals surface area contributed by atoms with E-state index in [4.69, 9.17) is 14.2 Å². The molecule has 0 saturated heterocycles. The van der Waals surface area contributed by atoms with Gasteiger partial charge in [0.05, 0.1) is 37.1 Å². The first-order valence-electron chi connectivity index (χ1n) is 13.5. The number of fused-ring (bicyclic) bond motifs is 2. The van der Waals surface area contributed by atoms with E-state index in [2.05, 4.69) is 5.10 Å². The average Bonchev–Trinajstić information content (AvgIpc) is 3.64. The number of alkyl halides is 3. The molecule has 0 amide bonds. The number of nitrogens with zero attached hydrogens (tertiary/aromatic N) is 2. The summed E-state index contributed by atoms with van der Waals surface area (Å²) in [6.07, 6.45) is -3.65. The summed E-state index contributed by atoms with van der Waals surface area (Å²) in [5, 5.41) is 4.37. The number of benzene rings is 3. The number of carbonyl (C=O) groups excluding carboxylic acids is 1. The van der Waals surface area contributed by atoms with E-state index < -0.39 is 17.8 Å². The molecule has 1 aliphatic heterocycles. The summed E-state index contributed by atoms with van der Waals surface area (Å²) < 4.78 is 61.3. The summed E-state index contributed by atoms with van der Waals surface area (Å²) in [7, 11) is 3.20. The second-order valence-electron chi connectivity index (χ2n) is 10.6. The Labute approximate surface area is 235 Å². The SMILES string of the molecule is COC(=O)CC1COc2cc(O[C@@H]3CCc4c3ccc(C(F)(F)F)c4-c3ccc(-c4cc(C)nn4C)cc3)ccc21. The Morgan fingerprint density at radius 2 is 1.78 bits per heavy atom. The molecule has 0 N–H and O–H groups in total. The van der Waals surface area contributed by atoms with Crippen LogP contribution >= 0.6 is 0 Å². The van der Waals surface area contributed by atoms with Crippen molar-refractivity contribution in [3.63, 3.8) is 0 Å². The molecule has 2 aliphatic rings. The van der Waals surface area contributed by atoms with Gasteiger partial charge in [0.25, 0.3) is 0 Å². The van der Waals surface area contributed by atoms with Crippen molar-refractivity contribution < 1.29 is 32.2 Å². The molecule has 0 saturated carbocycles. The number of carbonyl (C=O) groups is 1. The van der Waals surface area contributed by atoms with Crippen LogP contribution in [0, 0.1) is 6.92 Å². The Morgan fingerprint density at radius 1 is 1.05 bits per heavy atom. The van der Waals surface area contributed by atoms with Crippen molar-refractivity contribution in [3.05, 3.63) is 88.6 Å². The molecule has 2 atom stereocenters. The lowest BCUT2D eigenvalue weighted by atomic mass is 9.90. The molecular weight excluding hydrogens is 533 g/mol. The highest BCUT2D eigenvalue weighted by atomic mass is 19.4. The summed E-state index contributed by atoms with van der Waals surface area (Å²) in [6, 6.07) is 17.3. The van der Waals surface area contributed by atoms with Gasteiger partial charge in [-0.1, -0.05) is 36.4 Å². The van der Waals surface area contributed by atoms with Crippen molar-refractivity contribution in [1.29, 1.82) is 0 Å². The van der Waals surface area contributed by atoms with E-state index in [1.807, 2.05) is 44.3 Å². The van der Waals surface area contributed by atoms with Crippen LogP contribution in [0.3, 0.4) is 0 Å². The molecule has 0 bridgehead atoms. The van der Waals surface area contributed by atoms with Crippen molar-refractivity contribution >= 4 is 5.97 Å². The average molecular weight is 563 g/mol. The second-order valence-corrected chi connectivity index (χ2v) is 10.6. The van der Waals surface area contributed by atoms with E-state index in [1.165, 1.54) is 7.11 Å². The smallest absolute Gasteiger partial charge is 0.417 e. The topological polar surface area (TPSA) is 62.6 Å². The van der Waals surface area contributed by atoms with Crippen molar-refractivity contribution in [2.45, 2.75) is 44.4 Å². The zero-order valence-electron chi connectivity index (χ0n) is 22.9. The molecule has 1 aromatic heterocycles. The lowest BCUT2D eigenvalue weighted by Crippen LogP contribution is -2.10. The van der Waals surface area contributed by atoms with E-state index in [9.17, 15) is 18.0 Å². The maximum absolute atomic E-state index is 14.2. The van der Waals surface area contributed by atoms with Gasteiger partial charge >= 0.3 is 12.1 Å². The minimum absolute atomic E-state index is 0.0876. The molecule has 4 aromatic rings. The van der Waals surface area contributed by atoms with Crippen molar-refractivity contribution in [2.75, 3.05) is 13.7 Å². The number of aromatic nitrogens is 2. The number of halogens is 3. The molecular formula is C32H29F3N2O4. The lowest BCUT2D eigenvalue weighted by molar-refractivity contribution is -0.141. The number of hydrogen-bond acceptors (Lipinski definition) is 5. The minimum Gasteiger partial charge on any atom is -0.492 e. The van der Waals surface area contributed by atoms with Crippen LogP contribution in [0.5, 0.6) is 11.5 Å². The van der Waals surface area contributed by atoms with Gasteiger partial charge in [-0.05, 0) is 65.8 Å². The first-order chi connectivity index (χ1) is 19.6. The van der Waals surface area contributed by atoms with Crippen molar-refractivity contribution in [1.82, 2.24) is 9.78 Å². The summed E-state index contributed by atoms with van der Waals surface area (Å²) >= 11 is 0. The van der Waals surface area contributed by atoms with E-state index in [-0.39, 0.29) is 23.9 Å². The molecule has 6 rings (SSSR count). The Bertz CT molecular complexity index is 1630.